The van der Waals surface area contributed by atoms with Crippen LogP contribution in [0.5, 0.6) is 0 Å². The van der Waals surface area contributed by atoms with E-state index in [0.29, 0.717) is 0 Å². The van der Waals surface area contributed by atoms with E-state index in [4.69, 9.17) is 9.16 Å². The highest BCUT2D eigenvalue weighted by Crippen LogP contribution is 2.37. The average molecular weight is 550 g/mol. The van der Waals surface area contributed by atoms with E-state index >= 15 is 0 Å². The topological polar surface area (TPSA) is 64.6 Å². The van der Waals surface area contributed by atoms with Crippen molar-refractivity contribution in [1.82, 2.24) is 5.32 Å². The van der Waals surface area contributed by atoms with Crippen LogP contribution >= 0.6 is 0 Å². The van der Waals surface area contributed by atoms with Crippen molar-refractivity contribution in [3.8, 4) is 0 Å². The number of carbonyl (C=O) groups is 2. The molecule has 0 fully saturated rings. The summed E-state index contributed by atoms with van der Waals surface area (Å²) in [5.74, 6) is -3.14. The lowest BCUT2D eigenvalue weighted by molar-refractivity contribution is -0.177. The number of hydrogen-bond donors (Lipinski definition) is 1. The van der Waals surface area contributed by atoms with E-state index in [2.05, 4.69) is 45.0 Å². The molecule has 0 radical (unpaired) electrons. The van der Waals surface area contributed by atoms with Gasteiger partial charge in [-0.05, 0) is 49.5 Å². The molecule has 0 aliphatic rings. The fourth-order valence-electron chi connectivity index (χ4n) is 4.24. The molecule has 2 aromatic carbocycles. The molecule has 208 valence electrons. The number of halogens is 3. The van der Waals surface area contributed by atoms with E-state index in [1.54, 1.807) is 38.2 Å². The van der Waals surface area contributed by atoms with Crippen molar-refractivity contribution >= 4 is 30.6 Å². The number of ether oxygens (including phenoxy) is 1. The monoisotopic (exact) mass is 549 g/mol. The number of esters is 1. The quantitative estimate of drug-likeness (QED) is 0.262. The Morgan fingerprint density at radius 2 is 1.37 bits per heavy atom. The van der Waals surface area contributed by atoms with Gasteiger partial charge in [-0.3, -0.25) is 4.79 Å². The Balaban J connectivity index is 2.36. The van der Waals surface area contributed by atoms with Crippen molar-refractivity contribution in [2.75, 3.05) is 0 Å². The van der Waals surface area contributed by atoms with E-state index in [-0.39, 0.29) is 11.5 Å². The lowest BCUT2D eigenvalue weighted by Gasteiger charge is -2.44. The van der Waals surface area contributed by atoms with Gasteiger partial charge in [0.1, 0.15) is 11.6 Å². The molecule has 5 nitrogen and oxygen atoms in total. The van der Waals surface area contributed by atoms with Crippen LogP contribution in [-0.2, 0) is 18.8 Å². The summed E-state index contributed by atoms with van der Waals surface area (Å²) in [6.07, 6.45) is -2.50. The van der Waals surface area contributed by atoms with Crippen LogP contribution in [0.25, 0.3) is 0 Å². The molecule has 38 heavy (non-hydrogen) atoms. The Kier molecular flexibility index (Phi) is 10.1. The van der Waals surface area contributed by atoms with Crippen molar-refractivity contribution in [3.05, 3.63) is 72.8 Å². The first-order valence-corrected chi connectivity index (χ1v) is 14.4. The van der Waals surface area contributed by atoms with Crippen LogP contribution in [0, 0.1) is 0 Å². The van der Waals surface area contributed by atoms with Gasteiger partial charge in [0.25, 0.3) is 8.32 Å². The van der Waals surface area contributed by atoms with Gasteiger partial charge >= 0.3 is 18.1 Å². The highest BCUT2D eigenvalue weighted by atomic mass is 28.4. The Morgan fingerprint density at radius 1 is 0.895 bits per heavy atom. The third kappa shape index (κ3) is 8.29. The van der Waals surface area contributed by atoms with Gasteiger partial charge in [-0.15, -0.1) is 0 Å². The van der Waals surface area contributed by atoms with Crippen LogP contribution in [0.2, 0.25) is 5.04 Å². The molecule has 0 saturated heterocycles. The van der Waals surface area contributed by atoms with E-state index in [9.17, 15) is 22.8 Å². The van der Waals surface area contributed by atoms with Gasteiger partial charge in [0.15, 0.2) is 0 Å². The van der Waals surface area contributed by atoms with Crippen LogP contribution in [0.3, 0.4) is 0 Å². The van der Waals surface area contributed by atoms with Gasteiger partial charge in [-0.1, -0.05) is 93.6 Å². The van der Waals surface area contributed by atoms with E-state index < -0.39 is 44.1 Å². The molecule has 1 N–H and O–H groups in total. The van der Waals surface area contributed by atoms with Crippen molar-refractivity contribution in [2.24, 2.45) is 0 Å². The lowest BCUT2D eigenvalue weighted by Crippen LogP contribution is -2.67. The van der Waals surface area contributed by atoms with Gasteiger partial charge < -0.3 is 14.5 Å². The highest BCUT2D eigenvalue weighted by molar-refractivity contribution is 6.99. The summed E-state index contributed by atoms with van der Waals surface area (Å²) in [6, 6.07) is 18.6. The zero-order chi connectivity index (χ0) is 28.8. The summed E-state index contributed by atoms with van der Waals surface area (Å²) in [4.78, 5) is 24.1. The smallest absolute Gasteiger partial charge is 0.458 e. The number of benzene rings is 2. The fraction of sp³-hybridized carbons (Fsp3) is 0.448. The molecule has 0 unspecified atom stereocenters. The number of alkyl halides is 3. The average Bonchev–Trinajstić information content (AvgIpc) is 2.80. The number of hydrogen-bond acceptors (Lipinski definition) is 4. The molecule has 0 aliphatic heterocycles. The SMILES string of the molecule is C[C@@H](/C=C/C[C@H](NC(=O)C(F)(F)F)C(=O)OC(C)(C)C)O[Si](c1ccccc1)(c1ccccc1)C(C)(C)C. The number of carbonyl (C=O) groups excluding carboxylic acids is 2. The first-order valence-electron chi connectivity index (χ1n) is 12.5. The summed E-state index contributed by atoms with van der Waals surface area (Å²) in [6.45, 7) is 13.1. The standard InChI is InChI=1S/C29H38F3NO4Si/c1-21(15-14-20-24(25(34)36-27(2,3)4)33-26(35)29(30,31)32)37-38(28(5,6)7,22-16-10-8-11-17-22)23-18-12-9-13-19-23/h8-19,21,24H,20H2,1-7H3,(H,33,35)/b15-14+/t21-,24-/m0/s1. The molecule has 2 atom stereocenters. The van der Waals surface area contributed by atoms with E-state index in [1.807, 2.05) is 43.3 Å². The molecular weight excluding hydrogens is 511 g/mol. The van der Waals surface area contributed by atoms with Crippen LogP contribution in [0.4, 0.5) is 13.2 Å². The molecule has 9 heteroatoms. The zero-order valence-electron chi connectivity index (χ0n) is 23.1. The fourth-order valence-corrected chi connectivity index (χ4v) is 8.89. The molecule has 1 amide bonds. The van der Waals surface area contributed by atoms with Gasteiger partial charge in [-0.2, -0.15) is 13.2 Å². The van der Waals surface area contributed by atoms with Crippen LogP contribution in [0.1, 0.15) is 54.9 Å². The summed E-state index contributed by atoms with van der Waals surface area (Å²) in [5.41, 5.74) is -0.929. The maximum Gasteiger partial charge on any atom is 0.471 e. The summed E-state index contributed by atoms with van der Waals surface area (Å²) < 4.78 is 50.8. The molecule has 0 heterocycles. The van der Waals surface area contributed by atoms with Crippen molar-refractivity contribution in [3.63, 3.8) is 0 Å². The Morgan fingerprint density at radius 3 is 1.76 bits per heavy atom. The number of rotatable bonds is 9. The van der Waals surface area contributed by atoms with Crippen molar-refractivity contribution in [2.45, 2.75) is 83.8 Å². The molecule has 2 rings (SSSR count). The third-order valence-corrected chi connectivity index (χ3v) is 10.9. The zero-order valence-corrected chi connectivity index (χ0v) is 24.1. The van der Waals surface area contributed by atoms with Crippen LogP contribution in [0.15, 0.2) is 72.8 Å². The molecule has 0 bridgehead atoms. The maximum atomic E-state index is 12.9. The lowest BCUT2D eigenvalue weighted by atomic mass is 10.1. The molecule has 0 aromatic heterocycles. The van der Waals surface area contributed by atoms with Crippen molar-refractivity contribution < 1.29 is 31.9 Å². The highest BCUT2D eigenvalue weighted by Gasteiger charge is 2.50. The van der Waals surface area contributed by atoms with Gasteiger partial charge in [0.2, 0.25) is 0 Å². The molecule has 0 saturated carbocycles. The Labute approximate surface area is 224 Å². The number of nitrogens with one attached hydrogen (secondary N) is 1. The van der Waals surface area contributed by atoms with Gasteiger partial charge in [0, 0.05) is 0 Å². The minimum atomic E-state index is -5.12. The molecule has 0 aliphatic carbocycles. The summed E-state index contributed by atoms with van der Waals surface area (Å²) in [7, 11) is -2.86. The Hall–Kier alpha value is -2.91. The molecular formula is C29H38F3NO4Si. The third-order valence-electron chi connectivity index (χ3n) is 5.81. The van der Waals surface area contributed by atoms with E-state index in [1.165, 1.54) is 0 Å². The van der Waals surface area contributed by atoms with Crippen LogP contribution in [-0.4, -0.2) is 44.1 Å². The van der Waals surface area contributed by atoms with Crippen molar-refractivity contribution in [1.29, 1.82) is 0 Å². The number of amides is 1. The van der Waals surface area contributed by atoms with Crippen LogP contribution < -0.4 is 15.7 Å². The maximum absolute atomic E-state index is 12.9. The minimum Gasteiger partial charge on any atom is -0.458 e. The molecule has 0 spiro atoms. The second-order valence-electron chi connectivity index (χ2n) is 11.2. The second-order valence-corrected chi connectivity index (χ2v) is 15.5. The van der Waals surface area contributed by atoms with E-state index in [0.717, 1.165) is 10.4 Å². The van der Waals surface area contributed by atoms with Gasteiger partial charge in [0.05, 0.1) is 6.10 Å². The largest absolute Gasteiger partial charge is 0.471 e. The minimum absolute atomic E-state index is 0.189. The predicted molar refractivity (Wildman–Crippen MR) is 146 cm³/mol. The molecule has 2 aromatic rings. The first kappa shape index (κ1) is 31.3. The predicted octanol–water partition coefficient (Wildman–Crippen LogP) is 5.29. The van der Waals surface area contributed by atoms with Gasteiger partial charge in [-0.25, -0.2) is 4.79 Å². The normalized spacial score (nSPS) is 14.7. The second kappa shape index (κ2) is 12.3. The Bertz CT molecular complexity index is 1050. The summed E-state index contributed by atoms with van der Waals surface area (Å²) in [5, 5.41) is 3.66. The first-order chi connectivity index (χ1) is 17.5. The summed E-state index contributed by atoms with van der Waals surface area (Å²) >= 11 is 0.